The van der Waals surface area contributed by atoms with E-state index in [0.29, 0.717) is 5.92 Å². The van der Waals surface area contributed by atoms with Gasteiger partial charge in [0.25, 0.3) is 0 Å². The van der Waals surface area contributed by atoms with Gasteiger partial charge in [-0.05, 0) is 26.7 Å². The van der Waals surface area contributed by atoms with Crippen LogP contribution < -0.4 is 5.32 Å². The van der Waals surface area contributed by atoms with Gasteiger partial charge in [-0.3, -0.25) is 0 Å². The first-order valence-electron chi connectivity index (χ1n) is 5.76. The molecule has 0 aliphatic carbocycles. The van der Waals surface area contributed by atoms with E-state index in [2.05, 4.69) is 43.0 Å². The van der Waals surface area contributed by atoms with Gasteiger partial charge in [-0.15, -0.1) is 11.8 Å². The van der Waals surface area contributed by atoms with Gasteiger partial charge in [-0.25, -0.2) is 9.97 Å². The maximum absolute atomic E-state index is 4.50. The minimum atomic E-state index is 0.683. The summed E-state index contributed by atoms with van der Waals surface area (Å²) in [5.74, 6) is 3.60. The van der Waals surface area contributed by atoms with Gasteiger partial charge in [0.15, 0.2) is 0 Å². The van der Waals surface area contributed by atoms with Crippen molar-refractivity contribution < 1.29 is 0 Å². The lowest BCUT2D eigenvalue weighted by molar-refractivity contribution is 0.748. The van der Waals surface area contributed by atoms with Gasteiger partial charge in [-0.1, -0.05) is 13.8 Å². The van der Waals surface area contributed by atoms with Gasteiger partial charge in [0, 0.05) is 17.9 Å². The van der Waals surface area contributed by atoms with Crippen LogP contribution >= 0.6 is 11.8 Å². The highest BCUT2D eigenvalue weighted by Gasteiger charge is 2.09. The first-order valence-corrected chi connectivity index (χ1v) is 6.75. The van der Waals surface area contributed by atoms with Crippen LogP contribution in [0, 0.1) is 19.8 Å². The molecule has 1 N–H and O–H groups in total. The van der Waals surface area contributed by atoms with Gasteiger partial charge in [0.05, 0.1) is 0 Å². The molecule has 0 amide bonds. The molecule has 0 spiro atoms. The first kappa shape index (κ1) is 13.3. The Hall–Kier alpha value is -0.770. The zero-order valence-corrected chi connectivity index (χ0v) is 11.6. The highest BCUT2D eigenvalue weighted by molar-refractivity contribution is 7.99. The predicted octanol–water partition coefficient (Wildman–Crippen LogP) is 3.27. The quantitative estimate of drug-likeness (QED) is 0.632. The number of aryl methyl sites for hydroxylation is 1. The normalized spacial score (nSPS) is 10.9. The second-order valence-electron chi connectivity index (χ2n) is 4.28. The Labute approximate surface area is 102 Å². The zero-order chi connectivity index (χ0) is 12.1. The van der Waals surface area contributed by atoms with E-state index in [1.165, 1.54) is 0 Å². The standard InChI is InChI=1S/C12H21N3S/c1-6-13-11-9(4)12(15-10(5)14-11)16-7-8(2)3/h8H,6-7H2,1-5H3,(H,13,14,15). The average molecular weight is 239 g/mol. The molecule has 0 saturated carbocycles. The fourth-order valence-electron chi connectivity index (χ4n) is 1.33. The van der Waals surface area contributed by atoms with Gasteiger partial charge in [0.2, 0.25) is 0 Å². The molecule has 0 aliphatic heterocycles. The summed E-state index contributed by atoms with van der Waals surface area (Å²) >= 11 is 1.82. The summed E-state index contributed by atoms with van der Waals surface area (Å²) in [4.78, 5) is 8.91. The van der Waals surface area contributed by atoms with Gasteiger partial charge in [0.1, 0.15) is 16.7 Å². The lowest BCUT2D eigenvalue weighted by Crippen LogP contribution is -2.06. The molecule has 16 heavy (non-hydrogen) atoms. The van der Waals surface area contributed by atoms with Gasteiger partial charge >= 0.3 is 0 Å². The third kappa shape index (κ3) is 3.67. The molecule has 0 saturated heterocycles. The molecule has 90 valence electrons. The Bertz CT molecular complexity index is 350. The first-order chi connectivity index (χ1) is 7.54. The van der Waals surface area contributed by atoms with Crippen LogP contribution in [0.3, 0.4) is 0 Å². The lowest BCUT2D eigenvalue weighted by atomic mass is 10.3. The lowest BCUT2D eigenvalue weighted by Gasteiger charge is -2.12. The van der Waals surface area contributed by atoms with Crippen molar-refractivity contribution in [1.29, 1.82) is 0 Å². The fraction of sp³-hybridized carbons (Fsp3) is 0.667. The Kier molecular flexibility index (Phi) is 5.06. The summed E-state index contributed by atoms with van der Waals surface area (Å²) in [6.45, 7) is 11.5. The molecule has 0 fully saturated rings. The summed E-state index contributed by atoms with van der Waals surface area (Å²) in [6.07, 6.45) is 0. The second-order valence-corrected chi connectivity index (χ2v) is 5.29. The molecular weight excluding hydrogens is 218 g/mol. The van der Waals surface area contributed by atoms with Crippen LogP contribution in [0.5, 0.6) is 0 Å². The second kappa shape index (κ2) is 6.09. The van der Waals surface area contributed by atoms with Crippen LogP contribution in [-0.4, -0.2) is 22.3 Å². The average Bonchev–Trinajstić information content (AvgIpc) is 2.21. The van der Waals surface area contributed by atoms with Crippen molar-refractivity contribution in [2.24, 2.45) is 5.92 Å². The Balaban J connectivity index is 2.90. The number of hydrogen-bond acceptors (Lipinski definition) is 4. The molecule has 4 heteroatoms. The largest absolute Gasteiger partial charge is 0.370 e. The molecule has 0 atom stereocenters. The van der Waals surface area contributed by atoms with E-state index < -0.39 is 0 Å². The van der Waals surface area contributed by atoms with E-state index in [1.54, 1.807) is 0 Å². The Morgan fingerprint density at radius 1 is 1.25 bits per heavy atom. The van der Waals surface area contributed by atoms with Gasteiger partial charge in [-0.2, -0.15) is 0 Å². The van der Waals surface area contributed by atoms with Crippen molar-refractivity contribution >= 4 is 17.6 Å². The van der Waals surface area contributed by atoms with Crippen molar-refractivity contribution in [1.82, 2.24) is 9.97 Å². The summed E-state index contributed by atoms with van der Waals surface area (Å²) < 4.78 is 0. The van der Waals surface area contributed by atoms with E-state index in [4.69, 9.17) is 0 Å². The third-order valence-corrected chi connectivity index (χ3v) is 3.61. The van der Waals surface area contributed by atoms with Crippen molar-refractivity contribution in [3.63, 3.8) is 0 Å². The molecule has 3 nitrogen and oxygen atoms in total. The SMILES string of the molecule is CCNc1nc(C)nc(SCC(C)C)c1C. The predicted molar refractivity (Wildman–Crippen MR) is 71.2 cm³/mol. The van der Waals surface area contributed by atoms with E-state index in [1.807, 2.05) is 18.7 Å². The molecule has 1 rings (SSSR count). The monoisotopic (exact) mass is 239 g/mol. The number of thioether (sulfide) groups is 1. The molecule has 1 aromatic rings. The number of nitrogens with one attached hydrogen (secondary N) is 1. The molecule has 1 heterocycles. The van der Waals surface area contributed by atoms with E-state index in [9.17, 15) is 0 Å². The number of hydrogen-bond donors (Lipinski definition) is 1. The molecule has 0 aliphatic rings. The summed E-state index contributed by atoms with van der Waals surface area (Å²) in [5.41, 5.74) is 1.16. The summed E-state index contributed by atoms with van der Waals surface area (Å²) in [6, 6.07) is 0. The molecule has 0 bridgehead atoms. The van der Waals surface area contributed by atoms with Crippen LogP contribution in [0.25, 0.3) is 0 Å². The molecule has 0 unspecified atom stereocenters. The number of rotatable bonds is 5. The number of aromatic nitrogens is 2. The maximum Gasteiger partial charge on any atom is 0.133 e. The minimum absolute atomic E-state index is 0.683. The van der Waals surface area contributed by atoms with Gasteiger partial charge < -0.3 is 5.32 Å². The van der Waals surface area contributed by atoms with Crippen LogP contribution in [0.1, 0.15) is 32.2 Å². The van der Waals surface area contributed by atoms with Crippen LogP contribution in [-0.2, 0) is 0 Å². The van der Waals surface area contributed by atoms with Crippen molar-refractivity contribution in [2.45, 2.75) is 39.6 Å². The fourth-order valence-corrected chi connectivity index (χ4v) is 2.33. The smallest absolute Gasteiger partial charge is 0.133 e. The van der Waals surface area contributed by atoms with Crippen LogP contribution in [0.2, 0.25) is 0 Å². The summed E-state index contributed by atoms with van der Waals surface area (Å²) in [5, 5.41) is 4.39. The van der Waals surface area contributed by atoms with E-state index in [0.717, 1.165) is 34.5 Å². The van der Waals surface area contributed by atoms with Crippen LogP contribution in [0.15, 0.2) is 5.03 Å². The van der Waals surface area contributed by atoms with Crippen LogP contribution in [0.4, 0.5) is 5.82 Å². The Morgan fingerprint density at radius 3 is 2.50 bits per heavy atom. The topological polar surface area (TPSA) is 37.8 Å². The molecular formula is C12H21N3S. The van der Waals surface area contributed by atoms with Crippen molar-refractivity contribution in [2.75, 3.05) is 17.6 Å². The van der Waals surface area contributed by atoms with Crippen molar-refractivity contribution in [3.05, 3.63) is 11.4 Å². The highest BCUT2D eigenvalue weighted by Crippen LogP contribution is 2.26. The third-order valence-electron chi connectivity index (χ3n) is 2.11. The molecule has 0 radical (unpaired) electrons. The highest BCUT2D eigenvalue weighted by atomic mass is 32.2. The maximum atomic E-state index is 4.50. The zero-order valence-electron chi connectivity index (χ0n) is 10.8. The Morgan fingerprint density at radius 2 is 1.94 bits per heavy atom. The van der Waals surface area contributed by atoms with E-state index in [-0.39, 0.29) is 0 Å². The minimum Gasteiger partial charge on any atom is -0.370 e. The molecule has 1 aromatic heterocycles. The number of nitrogens with zero attached hydrogens (tertiary/aromatic N) is 2. The summed E-state index contributed by atoms with van der Waals surface area (Å²) in [7, 11) is 0. The number of anilines is 1. The van der Waals surface area contributed by atoms with Crippen molar-refractivity contribution in [3.8, 4) is 0 Å². The molecule has 0 aromatic carbocycles. The van der Waals surface area contributed by atoms with E-state index >= 15 is 0 Å².